The summed E-state index contributed by atoms with van der Waals surface area (Å²) in [5, 5.41) is 3.21. The minimum absolute atomic E-state index is 0.212. The maximum Gasteiger partial charge on any atom is 0.241 e. The summed E-state index contributed by atoms with van der Waals surface area (Å²) in [6.45, 7) is 3.54. The van der Waals surface area contributed by atoms with E-state index in [0.717, 1.165) is 31.5 Å². The molecule has 1 fully saturated rings. The summed E-state index contributed by atoms with van der Waals surface area (Å²) < 4.78 is 27.1. The van der Waals surface area contributed by atoms with Gasteiger partial charge in [-0.2, -0.15) is 0 Å². The second-order valence-corrected chi connectivity index (χ2v) is 6.88. The molecule has 92 valence electrons. The van der Waals surface area contributed by atoms with Crippen LogP contribution in [0.5, 0.6) is 0 Å². The highest BCUT2D eigenvalue weighted by molar-refractivity contribution is 7.89. The molecule has 0 radical (unpaired) electrons. The molecular weight excluding hydrogens is 236 g/mol. The lowest BCUT2D eigenvalue weighted by Gasteiger charge is -2.12. The minimum Gasteiger partial charge on any atom is -0.309 e. The van der Waals surface area contributed by atoms with Crippen molar-refractivity contribution in [2.24, 2.45) is 0 Å². The number of rotatable bonds is 3. The second-order valence-electron chi connectivity index (χ2n) is 5.20. The van der Waals surface area contributed by atoms with E-state index in [4.69, 9.17) is 0 Å². The lowest BCUT2D eigenvalue weighted by Crippen LogP contribution is -2.34. The molecule has 17 heavy (non-hydrogen) atoms. The van der Waals surface area contributed by atoms with Gasteiger partial charge in [0.1, 0.15) is 0 Å². The van der Waals surface area contributed by atoms with E-state index >= 15 is 0 Å². The van der Waals surface area contributed by atoms with Gasteiger partial charge >= 0.3 is 0 Å². The first kappa shape index (κ1) is 11.2. The van der Waals surface area contributed by atoms with Gasteiger partial charge in [0.15, 0.2) is 0 Å². The molecule has 4 nitrogen and oxygen atoms in total. The van der Waals surface area contributed by atoms with Gasteiger partial charge in [-0.05, 0) is 43.0 Å². The van der Waals surface area contributed by atoms with E-state index in [0.29, 0.717) is 4.90 Å². The molecule has 0 amide bonds. The van der Waals surface area contributed by atoms with Crippen LogP contribution < -0.4 is 10.0 Å². The topological polar surface area (TPSA) is 58.2 Å². The van der Waals surface area contributed by atoms with E-state index in [1.165, 1.54) is 5.56 Å². The summed E-state index contributed by atoms with van der Waals surface area (Å²) >= 11 is 0. The standard InChI is InChI=1S/C12H16N2O2S/c1-12(4-5-12)14-17(15,16)11-3-2-9-7-13-8-10(9)6-11/h2-3,6,13-14H,4-5,7-8H2,1H3. The highest BCUT2D eigenvalue weighted by Gasteiger charge is 2.41. The molecule has 0 bridgehead atoms. The summed E-state index contributed by atoms with van der Waals surface area (Å²) in [5.74, 6) is 0. The highest BCUT2D eigenvalue weighted by Crippen LogP contribution is 2.36. The van der Waals surface area contributed by atoms with E-state index < -0.39 is 10.0 Å². The number of fused-ring (bicyclic) bond motifs is 1. The SMILES string of the molecule is CC1(NS(=O)(=O)c2ccc3c(c2)CNC3)CC1. The van der Waals surface area contributed by atoms with Crippen LogP contribution in [0.15, 0.2) is 23.1 Å². The highest BCUT2D eigenvalue weighted by atomic mass is 32.2. The van der Waals surface area contributed by atoms with Crippen LogP contribution in [-0.4, -0.2) is 14.0 Å². The number of benzene rings is 1. The average molecular weight is 252 g/mol. The van der Waals surface area contributed by atoms with Gasteiger partial charge in [0, 0.05) is 18.6 Å². The molecule has 5 heteroatoms. The maximum absolute atomic E-state index is 12.2. The van der Waals surface area contributed by atoms with Gasteiger partial charge in [0.25, 0.3) is 0 Å². The first-order valence-electron chi connectivity index (χ1n) is 5.85. The first-order valence-corrected chi connectivity index (χ1v) is 7.33. The molecule has 0 unspecified atom stereocenters. The summed E-state index contributed by atoms with van der Waals surface area (Å²) in [5.41, 5.74) is 2.08. The normalized spacial score (nSPS) is 21.2. The van der Waals surface area contributed by atoms with Crippen LogP contribution in [0, 0.1) is 0 Å². The fourth-order valence-electron chi connectivity index (χ4n) is 2.11. The Kier molecular flexibility index (Phi) is 2.33. The third-order valence-corrected chi connectivity index (χ3v) is 5.14. The molecule has 0 saturated heterocycles. The van der Waals surface area contributed by atoms with Crippen molar-refractivity contribution in [1.29, 1.82) is 0 Å². The summed E-state index contributed by atoms with van der Waals surface area (Å²) in [6, 6.07) is 5.38. The minimum atomic E-state index is -3.35. The van der Waals surface area contributed by atoms with Gasteiger partial charge < -0.3 is 5.32 Å². The molecule has 2 aliphatic rings. The van der Waals surface area contributed by atoms with Gasteiger partial charge in [-0.25, -0.2) is 13.1 Å². The Morgan fingerprint density at radius 2 is 1.94 bits per heavy atom. The van der Waals surface area contributed by atoms with Crippen molar-refractivity contribution in [3.8, 4) is 0 Å². The molecular formula is C12H16N2O2S. The van der Waals surface area contributed by atoms with Crippen molar-refractivity contribution in [2.45, 2.75) is 43.3 Å². The third kappa shape index (κ3) is 2.10. The molecule has 1 aromatic rings. The largest absolute Gasteiger partial charge is 0.309 e. The summed E-state index contributed by atoms with van der Waals surface area (Å²) in [4.78, 5) is 0.382. The maximum atomic E-state index is 12.2. The van der Waals surface area contributed by atoms with Crippen LogP contribution >= 0.6 is 0 Å². The van der Waals surface area contributed by atoms with E-state index in [-0.39, 0.29) is 5.54 Å². The van der Waals surface area contributed by atoms with Gasteiger partial charge in [-0.3, -0.25) is 0 Å². The smallest absolute Gasteiger partial charge is 0.241 e. The van der Waals surface area contributed by atoms with Crippen LogP contribution in [0.3, 0.4) is 0 Å². The zero-order valence-electron chi connectivity index (χ0n) is 9.79. The average Bonchev–Trinajstić information content (AvgIpc) is 2.81. The van der Waals surface area contributed by atoms with E-state index in [1.807, 2.05) is 13.0 Å². The summed E-state index contributed by atoms with van der Waals surface area (Å²) in [6.07, 6.45) is 1.86. The molecule has 1 aliphatic heterocycles. The molecule has 1 aliphatic carbocycles. The Labute approximate surface area is 101 Å². The van der Waals surface area contributed by atoms with E-state index in [2.05, 4.69) is 10.0 Å². The number of nitrogens with one attached hydrogen (secondary N) is 2. The van der Waals surface area contributed by atoms with Crippen molar-refractivity contribution in [3.63, 3.8) is 0 Å². The number of hydrogen-bond acceptors (Lipinski definition) is 3. The molecule has 2 N–H and O–H groups in total. The van der Waals surface area contributed by atoms with Crippen molar-refractivity contribution in [1.82, 2.24) is 10.0 Å². The van der Waals surface area contributed by atoms with Gasteiger partial charge in [-0.1, -0.05) is 6.07 Å². The predicted octanol–water partition coefficient (Wildman–Crippen LogP) is 1.12. The molecule has 1 aromatic carbocycles. The monoisotopic (exact) mass is 252 g/mol. The van der Waals surface area contributed by atoms with Gasteiger partial charge in [0.05, 0.1) is 4.90 Å². The zero-order chi connectivity index (χ0) is 12.1. The Morgan fingerprint density at radius 3 is 2.65 bits per heavy atom. The molecule has 1 saturated carbocycles. The van der Waals surface area contributed by atoms with E-state index in [1.54, 1.807) is 12.1 Å². The Balaban J connectivity index is 1.93. The third-order valence-electron chi connectivity index (χ3n) is 3.50. The predicted molar refractivity (Wildman–Crippen MR) is 64.9 cm³/mol. The first-order chi connectivity index (χ1) is 7.99. The zero-order valence-corrected chi connectivity index (χ0v) is 10.6. The molecule has 1 heterocycles. The van der Waals surface area contributed by atoms with Crippen LogP contribution in [0.25, 0.3) is 0 Å². The van der Waals surface area contributed by atoms with Gasteiger partial charge in [-0.15, -0.1) is 0 Å². The fraction of sp³-hybridized carbons (Fsp3) is 0.500. The van der Waals surface area contributed by atoms with Gasteiger partial charge in [0.2, 0.25) is 10.0 Å². The quantitative estimate of drug-likeness (QED) is 0.847. The van der Waals surface area contributed by atoms with E-state index in [9.17, 15) is 8.42 Å². The van der Waals surface area contributed by atoms with Crippen molar-refractivity contribution < 1.29 is 8.42 Å². The van der Waals surface area contributed by atoms with Crippen LogP contribution in [0.1, 0.15) is 30.9 Å². The lowest BCUT2D eigenvalue weighted by molar-refractivity contribution is 0.558. The van der Waals surface area contributed by atoms with Crippen molar-refractivity contribution >= 4 is 10.0 Å². The molecule has 3 rings (SSSR count). The van der Waals surface area contributed by atoms with Crippen LogP contribution in [0.2, 0.25) is 0 Å². The number of sulfonamides is 1. The second kappa shape index (κ2) is 3.54. The lowest BCUT2D eigenvalue weighted by atomic mass is 10.1. The van der Waals surface area contributed by atoms with Crippen LogP contribution in [0.4, 0.5) is 0 Å². The summed E-state index contributed by atoms with van der Waals surface area (Å²) in [7, 11) is -3.35. The molecule has 0 atom stereocenters. The number of hydrogen-bond donors (Lipinski definition) is 2. The molecule has 0 aromatic heterocycles. The van der Waals surface area contributed by atoms with Crippen LogP contribution in [-0.2, 0) is 23.1 Å². The Hall–Kier alpha value is -0.910. The Morgan fingerprint density at radius 1 is 1.24 bits per heavy atom. The Bertz CT molecular complexity index is 562. The van der Waals surface area contributed by atoms with Crippen molar-refractivity contribution in [2.75, 3.05) is 0 Å². The van der Waals surface area contributed by atoms with Crippen molar-refractivity contribution in [3.05, 3.63) is 29.3 Å². The fourth-order valence-corrected chi connectivity index (χ4v) is 3.63. The molecule has 0 spiro atoms.